The van der Waals surface area contributed by atoms with Gasteiger partial charge in [0.15, 0.2) is 0 Å². The van der Waals surface area contributed by atoms with Crippen molar-refractivity contribution in [2.75, 3.05) is 13.1 Å². The van der Waals surface area contributed by atoms with Crippen LogP contribution in [0.2, 0.25) is 0 Å². The van der Waals surface area contributed by atoms with Crippen LogP contribution in [0.15, 0.2) is 17.5 Å². The molecule has 2 aliphatic rings. The first-order valence-electron chi connectivity index (χ1n) is 7.96. The topological polar surface area (TPSA) is 60.9 Å². The van der Waals surface area contributed by atoms with Crippen molar-refractivity contribution in [3.63, 3.8) is 0 Å². The van der Waals surface area contributed by atoms with Crippen LogP contribution in [0.3, 0.4) is 0 Å². The van der Waals surface area contributed by atoms with Crippen molar-refractivity contribution >= 4 is 29.2 Å². The molecule has 0 radical (unpaired) electrons. The molecule has 124 valence electrons. The normalized spacial score (nSPS) is 24.3. The minimum absolute atomic E-state index is 0.104. The molecular weight excluding hydrogens is 314 g/mol. The van der Waals surface area contributed by atoms with Crippen LogP contribution >= 0.6 is 11.3 Å². The molecule has 3 heterocycles. The maximum atomic E-state index is 12.8. The van der Waals surface area contributed by atoms with Crippen molar-refractivity contribution in [1.82, 2.24) is 14.7 Å². The summed E-state index contributed by atoms with van der Waals surface area (Å²) in [5, 5.41) is 1.98. The van der Waals surface area contributed by atoms with E-state index in [9.17, 15) is 14.4 Å². The highest BCUT2D eigenvalue weighted by Gasteiger charge is 2.52. The maximum Gasteiger partial charge on any atom is 0.327 e. The van der Waals surface area contributed by atoms with Gasteiger partial charge in [-0.25, -0.2) is 4.79 Å². The van der Waals surface area contributed by atoms with E-state index in [2.05, 4.69) is 0 Å². The van der Waals surface area contributed by atoms with Crippen LogP contribution in [0.25, 0.3) is 0 Å². The fourth-order valence-corrected chi connectivity index (χ4v) is 4.19. The van der Waals surface area contributed by atoms with Crippen LogP contribution in [0, 0.1) is 0 Å². The van der Waals surface area contributed by atoms with E-state index in [-0.39, 0.29) is 23.9 Å². The van der Waals surface area contributed by atoms with E-state index >= 15 is 0 Å². The minimum Gasteiger partial charge on any atom is -0.329 e. The third-order valence-electron chi connectivity index (χ3n) is 4.52. The quantitative estimate of drug-likeness (QED) is 0.844. The second kappa shape index (κ2) is 6.31. The lowest BCUT2D eigenvalue weighted by Crippen LogP contribution is -2.65. The van der Waals surface area contributed by atoms with Gasteiger partial charge in [-0.2, -0.15) is 0 Å². The molecule has 0 N–H and O–H groups in total. The minimum atomic E-state index is -0.531. The third kappa shape index (κ3) is 2.73. The van der Waals surface area contributed by atoms with Gasteiger partial charge >= 0.3 is 6.03 Å². The molecule has 23 heavy (non-hydrogen) atoms. The maximum absolute atomic E-state index is 12.8. The van der Waals surface area contributed by atoms with Crippen LogP contribution in [0.5, 0.6) is 0 Å². The van der Waals surface area contributed by atoms with E-state index in [4.69, 9.17) is 0 Å². The van der Waals surface area contributed by atoms with E-state index in [1.165, 1.54) is 11.8 Å². The van der Waals surface area contributed by atoms with E-state index in [0.29, 0.717) is 32.5 Å². The Labute approximate surface area is 139 Å². The molecule has 0 aliphatic carbocycles. The van der Waals surface area contributed by atoms with Crippen LogP contribution < -0.4 is 0 Å². The second-order valence-electron chi connectivity index (χ2n) is 5.99. The number of nitrogens with zero attached hydrogens (tertiary/aromatic N) is 3. The number of hydrogen-bond acceptors (Lipinski definition) is 4. The largest absolute Gasteiger partial charge is 0.329 e. The summed E-state index contributed by atoms with van der Waals surface area (Å²) in [4.78, 5) is 43.2. The second-order valence-corrected chi connectivity index (χ2v) is 7.03. The first-order valence-corrected chi connectivity index (χ1v) is 8.84. The van der Waals surface area contributed by atoms with E-state index in [1.807, 2.05) is 24.4 Å². The van der Waals surface area contributed by atoms with Crippen LogP contribution in [-0.4, -0.2) is 57.7 Å². The van der Waals surface area contributed by atoms with Gasteiger partial charge < -0.3 is 9.80 Å². The van der Waals surface area contributed by atoms with Crippen molar-refractivity contribution < 1.29 is 14.4 Å². The van der Waals surface area contributed by atoms with Crippen molar-refractivity contribution in [3.05, 3.63) is 22.4 Å². The lowest BCUT2D eigenvalue weighted by Gasteiger charge is -2.43. The zero-order valence-electron chi connectivity index (χ0n) is 13.4. The molecule has 3 rings (SSSR count). The van der Waals surface area contributed by atoms with Crippen molar-refractivity contribution in [2.24, 2.45) is 0 Å². The summed E-state index contributed by atoms with van der Waals surface area (Å²) in [5.74, 6) is -0.329. The number of carbonyl (C=O) groups excluding carboxylic acids is 3. The van der Waals surface area contributed by atoms with Gasteiger partial charge in [0.25, 0.3) is 5.91 Å². The Morgan fingerprint density at radius 3 is 2.78 bits per heavy atom. The molecule has 1 aromatic rings. The number of imide groups is 1. The number of fused-ring (bicyclic) bond motifs is 1. The van der Waals surface area contributed by atoms with Gasteiger partial charge in [0.2, 0.25) is 5.91 Å². The highest BCUT2D eigenvalue weighted by atomic mass is 32.1. The Kier molecular flexibility index (Phi) is 4.39. The van der Waals surface area contributed by atoms with Crippen molar-refractivity contribution in [1.29, 1.82) is 0 Å². The van der Waals surface area contributed by atoms with Gasteiger partial charge in [-0.1, -0.05) is 13.0 Å². The number of amides is 4. The lowest BCUT2D eigenvalue weighted by molar-refractivity contribution is -0.145. The predicted molar refractivity (Wildman–Crippen MR) is 86.8 cm³/mol. The Bertz CT molecular complexity index is 616. The molecule has 0 aromatic carbocycles. The smallest absolute Gasteiger partial charge is 0.327 e. The van der Waals surface area contributed by atoms with Crippen LogP contribution in [0.1, 0.15) is 31.6 Å². The molecule has 2 saturated heterocycles. The number of carbonyl (C=O) groups is 3. The summed E-state index contributed by atoms with van der Waals surface area (Å²) in [6, 6.07) is 2.98. The molecule has 1 aromatic heterocycles. The molecule has 2 atom stereocenters. The van der Waals surface area contributed by atoms with E-state index in [0.717, 1.165) is 4.88 Å². The van der Waals surface area contributed by atoms with Gasteiger partial charge in [0, 0.05) is 24.9 Å². The van der Waals surface area contributed by atoms with Crippen LogP contribution in [0.4, 0.5) is 4.79 Å². The van der Waals surface area contributed by atoms with Crippen molar-refractivity contribution in [2.45, 2.75) is 45.3 Å². The Hall–Kier alpha value is -1.89. The molecule has 0 unspecified atom stereocenters. The molecule has 6 nitrogen and oxygen atoms in total. The predicted octanol–water partition coefficient (Wildman–Crippen LogP) is 1.91. The lowest BCUT2D eigenvalue weighted by atomic mass is 10.0. The summed E-state index contributed by atoms with van der Waals surface area (Å²) < 4.78 is 0. The molecule has 0 saturated carbocycles. The zero-order valence-corrected chi connectivity index (χ0v) is 14.2. The first-order chi connectivity index (χ1) is 11.0. The molecule has 0 spiro atoms. The molecular formula is C16H21N3O3S. The fraction of sp³-hybridized carbons (Fsp3) is 0.562. The highest BCUT2D eigenvalue weighted by Crippen LogP contribution is 2.32. The fourth-order valence-electron chi connectivity index (χ4n) is 3.49. The molecule has 2 fully saturated rings. The Morgan fingerprint density at radius 1 is 1.39 bits per heavy atom. The van der Waals surface area contributed by atoms with E-state index < -0.39 is 6.04 Å². The SMILES string of the molecule is CCCN1C(=O)[C@@H]2[C@@H](CCN2C(C)=O)N(Cc2cccs2)C1=O. The average Bonchev–Trinajstić information content (AvgIpc) is 3.16. The summed E-state index contributed by atoms with van der Waals surface area (Å²) >= 11 is 1.60. The number of rotatable bonds is 4. The summed E-state index contributed by atoms with van der Waals surface area (Å²) in [5.41, 5.74) is 0. The average molecular weight is 335 g/mol. The molecule has 2 aliphatic heterocycles. The molecule has 0 bridgehead atoms. The van der Waals surface area contributed by atoms with Gasteiger partial charge in [-0.15, -0.1) is 11.3 Å². The number of hydrogen-bond donors (Lipinski definition) is 0. The number of thiophene rings is 1. The molecule has 4 amide bonds. The highest BCUT2D eigenvalue weighted by molar-refractivity contribution is 7.09. The van der Waals surface area contributed by atoms with Gasteiger partial charge in [0.05, 0.1) is 12.6 Å². The van der Waals surface area contributed by atoms with Gasteiger partial charge in [0.1, 0.15) is 6.04 Å². The van der Waals surface area contributed by atoms with Crippen molar-refractivity contribution in [3.8, 4) is 0 Å². The zero-order chi connectivity index (χ0) is 16.6. The van der Waals surface area contributed by atoms with Gasteiger partial charge in [-0.3, -0.25) is 14.5 Å². The van der Waals surface area contributed by atoms with Crippen LogP contribution in [-0.2, 0) is 16.1 Å². The summed E-state index contributed by atoms with van der Waals surface area (Å²) in [6.07, 6.45) is 1.37. The standard InChI is InChI=1S/C16H21N3O3S/c1-3-7-18-15(21)14-13(6-8-17(14)11(2)20)19(16(18)22)10-12-5-4-9-23-12/h4-5,9,13-14H,3,6-8,10H2,1-2H3/t13-,14+/m1/s1. The van der Waals surface area contributed by atoms with Gasteiger partial charge in [-0.05, 0) is 24.3 Å². The molecule has 7 heteroatoms. The van der Waals surface area contributed by atoms with E-state index in [1.54, 1.807) is 21.1 Å². The Morgan fingerprint density at radius 2 is 2.17 bits per heavy atom. The first kappa shape index (κ1) is 16.0. The number of likely N-dealkylation sites (tertiary alicyclic amines) is 1. The number of urea groups is 1. The summed E-state index contributed by atoms with van der Waals surface area (Å²) in [6.45, 7) is 4.85. The Balaban J connectivity index is 1.92. The monoisotopic (exact) mass is 335 g/mol. The third-order valence-corrected chi connectivity index (χ3v) is 5.38. The summed E-state index contributed by atoms with van der Waals surface area (Å²) in [7, 11) is 0.